The number of phenolic OH excluding ortho intramolecular Hbond substituents is 1. The molecule has 0 bridgehead atoms. The Labute approximate surface area is 92.1 Å². The van der Waals surface area contributed by atoms with Crippen molar-refractivity contribution in [2.75, 3.05) is 0 Å². The van der Waals surface area contributed by atoms with E-state index < -0.39 is 0 Å². The zero-order valence-electron chi connectivity index (χ0n) is 9.46. The maximum Gasteiger partial charge on any atom is 0.119 e. The van der Waals surface area contributed by atoms with Crippen LogP contribution in [0.5, 0.6) is 5.75 Å². The van der Waals surface area contributed by atoms with E-state index in [1.807, 2.05) is 19.1 Å². The van der Waals surface area contributed by atoms with Crippen LogP contribution in [0.3, 0.4) is 0 Å². The highest BCUT2D eigenvalue weighted by Crippen LogP contribution is 2.33. The lowest BCUT2D eigenvalue weighted by Crippen LogP contribution is -2.00. The van der Waals surface area contributed by atoms with Gasteiger partial charge in [0, 0.05) is 12.0 Å². The number of terminal acetylenes is 1. The van der Waals surface area contributed by atoms with E-state index in [1.54, 1.807) is 6.07 Å². The van der Waals surface area contributed by atoms with Crippen molar-refractivity contribution in [1.82, 2.24) is 0 Å². The van der Waals surface area contributed by atoms with Crippen molar-refractivity contribution >= 4 is 0 Å². The molecular formula is C14H18O. The van der Waals surface area contributed by atoms with Crippen LogP contribution in [-0.4, -0.2) is 5.11 Å². The van der Waals surface area contributed by atoms with Gasteiger partial charge in [0.2, 0.25) is 0 Å². The molecule has 0 saturated heterocycles. The topological polar surface area (TPSA) is 20.2 Å². The first-order valence-electron chi connectivity index (χ1n) is 5.42. The minimum atomic E-state index is 0.293. The van der Waals surface area contributed by atoms with Gasteiger partial charge >= 0.3 is 0 Å². The Balaban J connectivity index is 3.05. The Kier molecular flexibility index (Phi) is 4.24. The first kappa shape index (κ1) is 11.7. The standard InChI is InChI=1S/C14H18O/c1-4-7-12(8-5-2)14-11(3)9-6-10-13(14)15/h1,6,9-10,12,15H,5,7-8H2,2-3H3. The number of benzene rings is 1. The largest absolute Gasteiger partial charge is 0.508 e. The fraction of sp³-hybridized carbons (Fsp3) is 0.429. The van der Waals surface area contributed by atoms with E-state index in [4.69, 9.17) is 6.42 Å². The molecule has 0 heterocycles. The predicted octanol–water partition coefficient (Wildman–Crippen LogP) is 3.61. The second kappa shape index (κ2) is 5.46. The molecular weight excluding hydrogens is 184 g/mol. The van der Waals surface area contributed by atoms with Crippen molar-refractivity contribution in [2.45, 2.75) is 39.0 Å². The van der Waals surface area contributed by atoms with Gasteiger partial charge in [-0.3, -0.25) is 0 Å². The predicted molar refractivity (Wildman–Crippen MR) is 63.9 cm³/mol. The van der Waals surface area contributed by atoms with E-state index in [0.717, 1.165) is 24.0 Å². The summed E-state index contributed by atoms with van der Waals surface area (Å²) in [4.78, 5) is 0. The van der Waals surface area contributed by atoms with Crippen molar-refractivity contribution in [3.63, 3.8) is 0 Å². The summed E-state index contributed by atoms with van der Waals surface area (Å²) in [5, 5.41) is 9.85. The minimum absolute atomic E-state index is 0.293. The third kappa shape index (κ3) is 2.76. The van der Waals surface area contributed by atoms with E-state index in [0.29, 0.717) is 18.1 Å². The molecule has 1 atom stereocenters. The van der Waals surface area contributed by atoms with Gasteiger partial charge in [-0.05, 0) is 30.9 Å². The normalized spacial score (nSPS) is 12.1. The summed E-state index contributed by atoms with van der Waals surface area (Å²) >= 11 is 0. The quantitative estimate of drug-likeness (QED) is 0.739. The summed E-state index contributed by atoms with van der Waals surface area (Å²) < 4.78 is 0. The van der Waals surface area contributed by atoms with Gasteiger partial charge in [0.15, 0.2) is 0 Å². The Morgan fingerprint density at radius 2 is 2.20 bits per heavy atom. The molecule has 0 aliphatic heterocycles. The smallest absolute Gasteiger partial charge is 0.119 e. The number of aromatic hydroxyl groups is 1. The first-order valence-corrected chi connectivity index (χ1v) is 5.42. The number of aryl methyl sites for hydroxylation is 1. The minimum Gasteiger partial charge on any atom is -0.508 e. The summed E-state index contributed by atoms with van der Waals surface area (Å²) in [5.41, 5.74) is 2.15. The molecule has 1 heteroatoms. The SMILES string of the molecule is C#CCC(CCC)c1c(C)cccc1O. The van der Waals surface area contributed by atoms with Crippen molar-refractivity contribution < 1.29 is 5.11 Å². The van der Waals surface area contributed by atoms with Gasteiger partial charge in [-0.1, -0.05) is 25.5 Å². The average molecular weight is 202 g/mol. The molecule has 0 amide bonds. The molecule has 15 heavy (non-hydrogen) atoms. The van der Waals surface area contributed by atoms with E-state index in [1.165, 1.54) is 0 Å². The maximum absolute atomic E-state index is 9.85. The van der Waals surface area contributed by atoms with Crippen LogP contribution >= 0.6 is 0 Å². The van der Waals surface area contributed by atoms with Crippen LogP contribution in [0.1, 0.15) is 43.2 Å². The molecule has 80 valence electrons. The summed E-state index contributed by atoms with van der Waals surface area (Å²) in [6.07, 6.45) is 8.18. The molecule has 1 nitrogen and oxygen atoms in total. The molecule has 0 spiro atoms. The van der Waals surface area contributed by atoms with Crippen LogP contribution in [0.15, 0.2) is 18.2 Å². The number of hydrogen-bond acceptors (Lipinski definition) is 1. The van der Waals surface area contributed by atoms with Crippen LogP contribution in [0.4, 0.5) is 0 Å². The van der Waals surface area contributed by atoms with Gasteiger partial charge in [0.05, 0.1) is 0 Å². The zero-order chi connectivity index (χ0) is 11.3. The molecule has 0 aliphatic carbocycles. The summed E-state index contributed by atoms with van der Waals surface area (Å²) in [6.45, 7) is 4.16. The number of hydrogen-bond donors (Lipinski definition) is 1. The summed E-state index contributed by atoms with van der Waals surface area (Å²) in [5.74, 6) is 3.37. The van der Waals surface area contributed by atoms with Crippen LogP contribution in [0.25, 0.3) is 0 Å². The van der Waals surface area contributed by atoms with Gasteiger partial charge in [0.25, 0.3) is 0 Å². The van der Waals surface area contributed by atoms with Crippen LogP contribution < -0.4 is 0 Å². The Bertz CT molecular complexity index is 340. The Hall–Kier alpha value is -1.42. The Morgan fingerprint density at radius 3 is 2.73 bits per heavy atom. The molecule has 1 unspecified atom stereocenters. The molecule has 0 aliphatic rings. The van der Waals surface area contributed by atoms with Crippen molar-refractivity contribution in [3.8, 4) is 18.1 Å². The molecule has 0 saturated carbocycles. The lowest BCUT2D eigenvalue weighted by Gasteiger charge is -2.17. The van der Waals surface area contributed by atoms with E-state index in [2.05, 4.69) is 12.8 Å². The van der Waals surface area contributed by atoms with Gasteiger partial charge in [0.1, 0.15) is 5.75 Å². The highest BCUT2D eigenvalue weighted by atomic mass is 16.3. The second-order valence-electron chi connectivity index (χ2n) is 3.90. The van der Waals surface area contributed by atoms with Crippen LogP contribution in [0, 0.1) is 19.3 Å². The highest BCUT2D eigenvalue weighted by Gasteiger charge is 2.15. The average Bonchev–Trinajstić information content (AvgIpc) is 2.18. The maximum atomic E-state index is 9.85. The molecule has 1 N–H and O–H groups in total. The van der Waals surface area contributed by atoms with Crippen molar-refractivity contribution in [3.05, 3.63) is 29.3 Å². The van der Waals surface area contributed by atoms with E-state index in [9.17, 15) is 5.11 Å². The lowest BCUT2D eigenvalue weighted by molar-refractivity contribution is 0.456. The molecule has 0 fully saturated rings. The molecule has 1 rings (SSSR count). The molecule has 0 aromatic heterocycles. The Morgan fingerprint density at radius 1 is 1.47 bits per heavy atom. The van der Waals surface area contributed by atoms with Gasteiger partial charge < -0.3 is 5.11 Å². The van der Waals surface area contributed by atoms with E-state index >= 15 is 0 Å². The summed E-state index contributed by atoms with van der Waals surface area (Å²) in [7, 11) is 0. The van der Waals surface area contributed by atoms with Gasteiger partial charge in [-0.2, -0.15) is 0 Å². The van der Waals surface area contributed by atoms with Gasteiger partial charge in [-0.15, -0.1) is 12.3 Å². The number of rotatable bonds is 4. The fourth-order valence-corrected chi connectivity index (χ4v) is 2.04. The van der Waals surface area contributed by atoms with Gasteiger partial charge in [-0.25, -0.2) is 0 Å². The molecule has 0 radical (unpaired) electrons. The number of phenols is 1. The van der Waals surface area contributed by atoms with Crippen LogP contribution in [-0.2, 0) is 0 Å². The first-order chi connectivity index (χ1) is 7.20. The molecule has 1 aromatic carbocycles. The highest BCUT2D eigenvalue weighted by molar-refractivity contribution is 5.41. The summed E-state index contributed by atoms with van der Waals surface area (Å²) in [6, 6.07) is 5.63. The third-order valence-electron chi connectivity index (χ3n) is 2.71. The third-order valence-corrected chi connectivity index (χ3v) is 2.71. The fourth-order valence-electron chi connectivity index (χ4n) is 2.04. The zero-order valence-corrected chi connectivity index (χ0v) is 9.46. The second-order valence-corrected chi connectivity index (χ2v) is 3.90. The monoisotopic (exact) mass is 202 g/mol. The molecule has 1 aromatic rings. The van der Waals surface area contributed by atoms with E-state index in [-0.39, 0.29) is 0 Å². The van der Waals surface area contributed by atoms with Crippen LogP contribution in [0.2, 0.25) is 0 Å². The van der Waals surface area contributed by atoms with Crippen molar-refractivity contribution in [2.24, 2.45) is 0 Å². The van der Waals surface area contributed by atoms with Crippen molar-refractivity contribution in [1.29, 1.82) is 0 Å². The lowest BCUT2D eigenvalue weighted by atomic mass is 9.88.